The van der Waals surface area contributed by atoms with Gasteiger partial charge in [0.1, 0.15) is 0 Å². The molecular weight excluding hydrogens is 218 g/mol. The Morgan fingerprint density at radius 1 is 1.18 bits per heavy atom. The molecule has 0 unspecified atom stereocenters. The first-order valence-electron chi connectivity index (χ1n) is 5.39. The lowest BCUT2D eigenvalue weighted by Gasteiger charge is -2.31. The van der Waals surface area contributed by atoms with Gasteiger partial charge < -0.3 is 5.73 Å². The zero-order chi connectivity index (χ0) is 12.6. The van der Waals surface area contributed by atoms with Crippen molar-refractivity contribution in [1.82, 2.24) is 4.90 Å². The zero-order valence-corrected chi connectivity index (χ0v) is 9.93. The van der Waals surface area contributed by atoms with Crippen LogP contribution in [0.1, 0.15) is 5.56 Å². The molecule has 2 amide bonds. The molecule has 5 heteroatoms. The molecule has 0 aromatic heterocycles. The number of piperazine rings is 1. The Kier molecular flexibility index (Phi) is 2.85. The van der Waals surface area contributed by atoms with Crippen LogP contribution < -0.4 is 10.6 Å². The number of hydrogen-bond acceptors (Lipinski definition) is 4. The topological polar surface area (TPSA) is 66.6 Å². The number of nitrogens with two attached hydrogens (primary N) is 1. The quantitative estimate of drug-likeness (QED) is 0.562. The van der Waals surface area contributed by atoms with Gasteiger partial charge in [-0.15, -0.1) is 0 Å². The monoisotopic (exact) mass is 233 g/mol. The van der Waals surface area contributed by atoms with Crippen LogP contribution in [0.4, 0.5) is 11.4 Å². The summed E-state index contributed by atoms with van der Waals surface area (Å²) in [7, 11) is 1.75. The molecule has 0 spiro atoms. The van der Waals surface area contributed by atoms with Crippen LogP contribution in [0.25, 0.3) is 0 Å². The number of carbonyl (C=O) groups excluding carboxylic acids is 2. The Balaban J connectivity index is 2.41. The van der Waals surface area contributed by atoms with Crippen LogP contribution >= 0.6 is 0 Å². The number of likely N-dealkylation sites (N-methyl/N-ethyl adjacent to an activating group) is 1. The number of nitrogens with zero attached hydrogens (tertiary/aromatic N) is 2. The molecule has 0 atom stereocenters. The van der Waals surface area contributed by atoms with E-state index in [9.17, 15) is 9.59 Å². The number of amides is 2. The highest BCUT2D eigenvalue weighted by Gasteiger charge is 2.31. The van der Waals surface area contributed by atoms with Crippen molar-refractivity contribution in [3.05, 3.63) is 23.8 Å². The van der Waals surface area contributed by atoms with Crippen molar-refractivity contribution >= 4 is 23.2 Å². The van der Waals surface area contributed by atoms with Gasteiger partial charge in [0.2, 0.25) is 11.8 Å². The van der Waals surface area contributed by atoms with Crippen molar-refractivity contribution in [2.45, 2.75) is 6.92 Å². The summed E-state index contributed by atoms with van der Waals surface area (Å²) in [6.45, 7) is 2.35. The summed E-state index contributed by atoms with van der Waals surface area (Å²) in [4.78, 5) is 26.7. The Labute approximate surface area is 99.8 Å². The van der Waals surface area contributed by atoms with Crippen LogP contribution in [-0.2, 0) is 9.59 Å². The van der Waals surface area contributed by atoms with E-state index in [-0.39, 0.29) is 24.9 Å². The molecule has 2 N–H and O–H groups in total. The molecule has 1 aliphatic heterocycles. The molecule has 1 fully saturated rings. The second-order valence-electron chi connectivity index (χ2n) is 4.34. The summed E-state index contributed by atoms with van der Waals surface area (Å²) in [6.07, 6.45) is 0. The lowest BCUT2D eigenvalue weighted by molar-refractivity contribution is -0.131. The maximum absolute atomic E-state index is 11.9. The van der Waals surface area contributed by atoms with Gasteiger partial charge in [-0.3, -0.25) is 14.5 Å². The highest BCUT2D eigenvalue weighted by atomic mass is 16.2. The van der Waals surface area contributed by atoms with E-state index in [0.29, 0.717) is 11.4 Å². The average Bonchev–Trinajstić information content (AvgIpc) is 2.21. The molecule has 5 nitrogen and oxygen atoms in total. The number of imide groups is 1. The van der Waals surface area contributed by atoms with E-state index in [1.54, 1.807) is 24.1 Å². The third kappa shape index (κ3) is 2.14. The predicted molar refractivity (Wildman–Crippen MR) is 65.6 cm³/mol. The van der Waals surface area contributed by atoms with E-state index in [0.717, 1.165) is 5.56 Å². The number of benzene rings is 1. The number of hydrogen-bond donors (Lipinski definition) is 1. The molecule has 1 aromatic carbocycles. The molecule has 1 aromatic rings. The largest absolute Gasteiger partial charge is 0.399 e. The Morgan fingerprint density at radius 3 is 2.35 bits per heavy atom. The zero-order valence-electron chi connectivity index (χ0n) is 9.93. The molecular formula is C12H15N3O2. The first-order valence-corrected chi connectivity index (χ1v) is 5.39. The van der Waals surface area contributed by atoms with Gasteiger partial charge in [-0.1, -0.05) is 6.07 Å². The van der Waals surface area contributed by atoms with Crippen LogP contribution in [0.3, 0.4) is 0 Å². The van der Waals surface area contributed by atoms with Crippen molar-refractivity contribution in [2.24, 2.45) is 0 Å². The molecule has 2 rings (SSSR count). The lowest BCUT2D eigenvalue weighted by Crippen LogP contribution is -2.53. The fourth-order valence-corrected chi connectivity index (χ4v) is 1.93. The minimum Gasteiger partial charge on any atom is -0.399 e. The van der Waals surface area contributed by atoms with Gasteiger partial charge in [0, 0.05) is 5.69 Å². The number of rotatable bonds is 1. The van der Waals surface area contributed by atoms with Crippen LogP contribution in [-0.4, -0.2) is 36.9 Å². The van der Waals surface area contributed by atoms with E-state index in [4.69, 9.17) is 5.73 Å². The van der Waals surface area contributed by atoms with E-state index < -0.39 is 0 Å². The third-order valence-electron chi connectivity index (χ3n) is 2.78. The van der Waals surface area contributed by atoms with Crippen LogP contribution in [0, 0.1) is 6.92 Å². The van der Waals surface area contributed by atoms with Gasteiger partial charge in [0.15, 0.2) is 0 Å². The predicted octanol–water partition coefficient (Wildman–Crippen LogP) is 0.382. The van der Waals surface area contributed by atoms with Gasteiger partial charge in [-0.25, -0.2) is 4.90 Å². The minimum atomic E-state index is -0.211. The van der Waals surface area contributed by atoms with E-state index in [2.05, 4.69) is 0 Å². The van der Waals surface area contributed by atoms with Crippen molar-refractivity contribution in [1.29, 1.82) is 0 Å². The van der Waals surface area contributed by atoms with Gasteiger partial charge in [-0.2, -0.15) is 0 Å². The van der Waals surface area contributed by atoms with Crippen LogP contribution in [0.5, 0.6) is 0 Å². The van der Waals surface area contributed by atoms with Gasteiger partial charge >= 0.3 is 0 Å². The molecule has 0 radical (unpaired) electrons. The lowest BCUT2D eigenvalue weighted by atomic mass is 10.1. The Hall–Kier alpha value is -1.88. The molecule has 1 heterocycles. The Bertz CT molecular complexity index is 467. The van der Waals surface area contributed by atoms with Crippen LogP contribution in [0.15, 0.2) is 18.2 Å². The van der Waals surface area contributed by atoms with Crippen LogP contribution in [0.2, 0.25) is 0 Å². The van der Waals surface area contributed by atoms with Gasteiger partial charge in [-0.05, 0) is 31.7 Å². The SMILES string of the molecule is Cc1ccc(N)cc1N1C(=O)CN(C)CC1=O. The molecule has 1 saturated heterocycles. The second-order valence-corrected chi connectivity index (χ2v) is 4.34. The summed E-state index contributed by atoms with van der Waals surface area (Å²) < 4.78 is 0. The summed E-state index contributed by atoms with van der Waals surface area (Å²) >= 11 is 0. The molecule has 17 heavy (non-hydrogen) atoms. The van der Waals surface area contributed by atoms with E-state index in [1.807, 2.05) is 13.0 Å². The maximum atomic E-state index is 11.9. The highest BCUT2D eigenvalue weighted by molar-refractivity contribution is 6.18. The summed E-state index contributed by atoms with van der Waals surface area (Å²) in [5, 5.41) is 0. The molecule has 1 aliphatic rings. The number of nitrogen functional groups attached to an aromatic ring is 1. The van der Waals surface area contributed by atoms with E-state index in [1.165, 1.54) is 4.90 Å². The molecule has 0 bridgehead atoms. The van der Waals surface area contributed by atoms with Crippen molar-refractivity contribution in [3.63, 3.8) is 0 Å². The summed E-state index contributed by atoms with van der Waals surface area (Å²) in [5.41, 5.74) is 7.70. The average molecular weight is 233 g/mol. The minimum absolute atomic E-state index is 0.211. The number of anilines is 2. The fourth-order valence-electron chi connectivity index (χ4n) is 1.93. The van der Waals surface area contributed by atoms with Crippen molar-refractivity contribution < 1.29 is 9.59 Å². The summed E-state index contributed by atoms with van der Waals surface area (Å²) in [5.74, 6) is -0.421. The standard InChI is InChI=1S/C12H15N3O2/c1-8-3-4-9(13)5-10(8)15-11(16)6-14(2)7-12(15)17/h3-5H,6-7,13H2,1-2H3. The number of aryl methyl sites for hydroxylation is 1. The van der Waals surface area contributed by atoms with Crippen molar-refractivity contribution in [3.8, 4) is 0 Å². The number of carbonyl (C=O) groups is 2. The molecule has 90 valence electrons. The van der Waals surface area contributed by atoms with E-state index >= 15 is 0 Å². The van der Waals surface area contributed by atoms with Gasteiger partial charge in [0.05, 0.1) is 18.8 Å². The molecule has 0 aliphatic carbocycles. The smallest absolute Gasteiger partial charge is 0.247 e. The molecule has 0 saturated carbocycles. The van der Waals surface area contributed by atoms with Crippen molar-refractivity contribution in [2.75, 3.05) is 30.8 Å². The maximum Gasteiger partial charge on any atom is 0.247 e. The third-order valence-corrected chi connectivity index (χ3v) is 2.78. The summed E-state index contributed by atoms with van der Waals surface area (Å²) in [6, 6.07) is 5.23. The highest BCUT2D eigenvalue weighted by Crippen LogP contribution is 2.24. The van der Waals surface area contributed by atoms with Gasteiger partial charge in [0.25, 0.3) is 0 Å². The first kappa shape index (κ1) is 11.6. The Morgan fingerprint density at radius 2 is 1.76 bits per heavy atom. The first-order chi connectivity index (χ1) is 7.99. The normalized spacial score (nSPS) is 17.6. The fraction of sp³-hybridized carbons (Fsp3) is 0.333. The second kappa shape index (κ2) is 4.18.